The van der Waals surface area contributed by atoms with Gasteiger partial charge in [-0.15, -0.1) is 0 Å². The van der Waals surface area contributed by atoms with E-state index in [1.165, 1.54) is 12.1 Å². The van der Waals surface area contributed by atoms with Gasteiger partial charge in [-0.05, 0) is 37.1 Å². The molecule has 0 aliphatic rings. The van der Waals surface area contributed by atoms with Gasteiger partial charge in [-0.25, -0.2) is 4.98 Å². The SMILES string of the molecule is Cc1ccc(C)c(NC(=O)C(=O)C(c2cnc3ccc([N+](=O)[O-])cc3n2)[N+](=O)[O-])c1. The molecule has 0 aliphatic carbocycles. The van der Waals surface area contributed by atoms with Crippen LogP contribution in [0.2, 0.25) is 0 Å². The summed E-state index contributed by atoms with van der Waals surface area (Å²) >= 11 is 0. The highest BCUT2D eigenvalue weighted by atomic mass is 16.6. The van der Waals surface area contributed by atoms with E-state index in [-0.39, 0.29) is 16.7 Å². The van der Waals surface area contributed by atoms with Crippen LogP contribution in [0.15, 0.2) is 42.6 Å². The molecule has 152 valence electrons. The number of non-ortho nitro benzene ring substituents is 1. The van der Waals surface area contributed by atoms with Gasteiger partial charge < -0.3 is 5.32 Å². The van der Waals surface area contributed by atoms with Crippen molar-refractivity contribution in [3.63, 3.8) is 0 Å². The lowest BCUT2D eigenvalue weighted by atomic mass is 10.1. The molecule has 1 unspecified atom stereocenters. The molecule has 1 N–H and O–H groups in total. The van der Waals surface area contributed by atoms with Crippen LogP contribution in [0.1, 0.15) is 22.9 Å². The van der Waals surface area contributed by atoms with E-state index in [0.717, 1.165) is 17.8 Å². The van der Waals surface area contributed by atoms with Crippen LogP contribution in [-0.2, 0) is 9.59 Å². The standard InChI is InChI=1S/C19H15N5O6/c1-10-3-4-11(2)14(7-10)22-19(26)18(25)17(24(29)30)16-9-20-13-6-5-12(23(27)28)8-15(13)21-16/h3-9,17H,1-2H3,(H,22,26). The average Bonchev–Trinajstić information content (AvgIpc) is 2.69. The van der Waals surface area contributed by atoms with E-state index in [0.29, 0.717) is 11.3 Å². The number of carbonyl (C=O) groups is 2. The Balaban J connectivity index is 1.95. The number of nitrogens with zero attached hydrogens (tertiary/aromatic N) is 4. The number of benzene rings is 2. The first-order valence-corrected chi connectivity index (χ1v) is 8.64. The van der Waals surface area contributed by atoms with Gasteiger partial charge >= 0.3 is 6.04 Å². The number of aromatic nitrogens is 2. The van der Waals surface area contributed by atoms with Crippen LogP contribution in [0.5, 0.6) is 0 Å². The molecular formula is C19H15N5O6. The van der Waals surface area contributed by atoms with Gasteiger partial charge in [-0.2, -0.15) is 0 Å². The zero-order valence-corrected chi connectivity index (χ0v) is 15.9. The summed E-state index contributed by atoms with van der Waals surface area (Å²) in [6.07, 6.45) is 1.00. The molecule has 0 saturated carbocycles. The molecule has 2 aromatic carbocycles. The summed E-state index contributed by atoms with van der Waals surface area (Å²) in [4.78, 5) is 53.8. The highest BCUT2D eigenvalue weighted by molar-refractivity contribution is 6.42. The van der Waals surface area contributed by atoms with E-state index in [2.05, 4.69) is 15.3 Å². The summed E-state index contributed by atoms with van der Waals surface area (Å²) in [7, 11) is 0. The van der Waals surface area contributed by atoms with Crippen molar-refractivity contribution >= 4 is 34.1 Å². The normalized spacial score (nSPS) is 11.7. The second-order valence-corrected chi connectivity index (χ2v) is 6.55. The Morgan fingerprint density at radius 1 is 1.03 bits per heavy atom. The van der Waals surface area contributed by atoms with Gasteiger partial charge in [0.1, 0.15) is 5.69 Å². The van der Waals surface area contributed by atoms with E-state index >= 15 is 0 Å². The first-order chi connectivity index (χ1) is 14.2. The van der Waals surface area contributed by atoms with Gasteiger partial charge in [0, 0.05) is 22.7 Å². The molecule has 0 fully saturated rings. The zero-order valence-electron chi connectivity index (χ0n) is 15.9. The van der Waals surface area contributed by atoms with Crippen molar-refractivity contribution in [2.24, 2.45) is 0 Å². The van der Waals surface area contributed by atoms with Gasteiger partial charge in [0.05, 0.1) is 22.2 Å². The second-order valence-electron chi connectivity index (χ2n) is 6.55. The Kier molecular flexibility index (Phi) is 5.45. The third-order valence-corrected chi connectivity index (χ3v) is 4.36. The lowest BCUT2D eigenvalue weighted by Crippen LogP contribution is -2.33. The number of Topliss-reactive ketones (excluding diaryl/α,β-unsaturated/α-hetero) is 1. The minimum absolute atomic E-state index is 0.00344. The summed E-state index contributed by atoms with van der Waals surface area (Å²) in [6.45, 7) is 3.51. The Morgan fingerprint density at radius 2 is 1.77 bits per heavy atom. The minimum atomic E-state index is -2.11. The molecule has 11 nitrogen and oxygen atoms in total. The molecule has 30 heavy (non-hydrogen) atoms. The lowest BCUT2D eigenvalue weighted by Gasteiger charge is -2.11. The van der Waals surface area contributed by atoms with Crippen molar-refractivity contribution < 1.29 is 19.4 Å². The average molecular weight is 409 g/mol. The molecule has 3 rings (SSSR count). The number of rotatable bonds is 6. The molecule has 0 radical (unpaired) electrons. The Morgan fingerprint density at radius 3 is 2.43 bits per heavy atom. The summed E-state index contributed by atoms with van der Waals surface area (Å²) < 4.78 is 0. The molecular weight excluding hydrogens is 394 g/mol. The maximum Gasteiger partial charge on any atom is 0.322 e. The quantitative estimate of drug-likeness (QED) is 0.369. The van der Waals surface area contributed by atoms with E-state index in [1.807, 2.05) is 6.07 Å². The molecule has 0 saturated heterocycles. The van der Waals surface area contributed by atoms with Crippen molar-refractivity contribution in [3.05, 3.63) is 79.6 Å². The molecule has 1 atom stereocenters. The summed E-state index contributed by atoms with van der Waals surface area (Å²) in [6, 6.07) is 6.72. The Hall–Kier alpha value is -4.28. The fourth-order valence-electron chi connectivity index (χ4n) is 2.78. The van der Waals surface area contributed by atoms with Crippen LogP contribution in [-0.4, -0.2) is 31.5 Å². The first-order valence-electron chi connectivity index (χ1n) is 8.64. The number of amides is 1. The predicted molar refractivity (Wildman–Crippen MR) is 105 cm³/mol. The Labute approximate surface area is 169 Å². The predicted octanol–water partition coefficient (Wildman–Crippen LogP) is 2.68. The van der Waals surface area contributed by atoms with Crippen molar-refractivity contribution in [1.29, 1.82) is 0 Å². The minimum Gasteiger partial charge on any atom is -0.319 e. The highest BCUT2D eigenvalue weighted by Crippen LogP contribution is 2.23. The van der Waals surface area contributed by atoms with Crippen molar-refractivity contribution in [2.45, 2.75) is 19.9 Å². The lowest BCUT2D eigenvalue weighted by molar-refractivity contribution is -0.513. The molecule has 1 amide bonds. The topological polar surface area (TPSA) is 158 Å². The monoisotopic (exact) mass is 409 g/mol. The second kappa shape index (κ2) is 7.99. The van der Waals surface area contributed by atoms with Gasteiger partial charge in [0.25, 0.3) is 17.4 Å². The smallest absolute Gasteiger partial charge is 0.319 e. The van der Waals surface area contributed by atoms with Crippen LogP contribution in [0, 0.1) is 34.1 Å². The first kappa shape index (κ1) is 20.5. The van der Waals surface area contributed by atoms with Gasteiger partial charge in [-0.3, -0.25) is 34.8 Å². The van der Waals surface area contributed by atoms with E-state index in [4.69, 9.17) is 0 Å². The highest BCUT2D eigenvalue weighted by Gasteiger charge is 2.38. The van der Waals surface area contributed by atoms with Crippen LogP contribution < -0.4 is 5.32 Å². The number of hydrogen-bond donors (Lipinski definition) is 1. The van der Waals surface area contributed by atoms with Crippen LogP contribution >= 0.6 is 0 Å². The largest absolute Gasteiger partial charge is 0.322 e. The third kappa shape index (κ3) is 4.09. The number of hydrogen-bond acceptors (Lipinski definition) is 8. The molecule has 0 aliphatic heterocycles. The van der Waals surface area contributed by atoms with Gasteiger partial charge in [0.2, 0.25) is 0 Å². The molecule has 3 aromatic rings. The maximum absolute atomic E-state index is 12.6. The number of ketones is 1. The van der Waals surface area contributed by atoms with E-state index in [9.17, 15) is 29.8 Å². The maximum atomic E-state index is 12.6. The van der Waals surface area contributed by atoms with Crippen LogP contribution in [0.3, 0.4) is 0 Å². The molecule has 1 heterocycles. The summed E-state index contributed by atoms with van der Waals surface area (Å²) in [5, 5.41) is 24.9. The number of aryl methyl sites for hydroxylation is 2. The van der Waals surface area contributed by atoms with Gasteiger partial charge in [0.15, 0.2) is 0 Å². The van der Waals surface area contributed by atoms with Gasteiger partial charge in [-0.1, -0.05) is 12.1 Å². The Bertz CT molecular complexity index is 1210. The van der Waals surface area contributed by atoms with Crippen molar-refractivity contribution in [1.82, 2.24) is 9.97 Å². The third-order valence-electron chi connectivity index (χ3n) is 4.36. The number of nitro groups is 2. The number of nitrogens with one attached hydrogen (secondary N) is 1. The fraction of sp³-hybridized carbons (Fsp3) is 0.158. The molecule has 0 spiro atoms. The van der Waals surface area contributed by atoms with Crippen LogP contribution in [0.4, 0.5) is 11.4 Å². The fourth-order valence-corrected chi connectivity index (χ4v) is 2.78. The number of fused-ring (bicyclic) bond motifs is 1. The molecule has 0 bridgehead atoms. The van der Waals surface area contributed by atoms with E-state index < -0.39 is 33.3 Å². The van der Waals surface area contributed by atoms with Crippen molar-refractivity contribution in [2.75, 3.05) is 5.32 Å². The summed E-state index contributed by atoms with van der Waals surface area (Å²) in [5.41, 5.74) is 1.43. The number of anilines is 1. The molecule has 1 aromatic heterocycles. The number of nitro benzene ring substituents is 1. The zero-order chi connectivity index (χ0) is 22.0. The molecule has 11 heteroatoms. The van der Waals surface area contributed by atoms with Crippen LogP contribution in [0.25, 0.3) is 11.0 Å². The van der Waals surface area contributed by atoms with Crippen molar-refractivity contribution in [3.8, 4) is 0 Å². The number of carbonyl (C=O) groups excluding carboxylic acids is 2. The summed E-state index contributed by atoms with van der Waals surface area (Å²) in [5.74, 6) is -2.51. The van der Waals surface area contributed by atoms with E-state index in [1.54, 1.807) is 26.0 Å².